The van der Waals surface area contributed by atoms with E-state index in [-0.39, 0.29) is 0 Å². The first-order valence-corrected chi connectivity index (χ1v) is 18.5. The van der Waals surface area contributed by atoms with Gasteiger partial charge in [-0.3, -0.25) is 0 Å². The molecule has 1 atom stereocenters. The highest BCUT2D eigenvalue weighted by Crippen LogP contribution is 2.53. The maximum Gasteiger partial charge on any atom is 0.165 e. The zero-order valence-electron chi connectivity index (χ0n) is 28.0. The summed E-state index contributed by atoms with van der Waals surface area (Å²) in [5, 5.41) is 7.21. The molecule has 2 aromatic heterocycles. The van der Waals surface area contributed by atoms with Crippen molar-refractivity contribution < 1.29 is 4.42 Å². The maximum atomic E-state index is 6.50. The molecule has 0 radical (unpaired) electrons. The molecule has 0 fully saturated rings. The Morgan fingerprint density at radius 1 is 0.538 bits per heavy atom. The smallest absolute Gasteiger partial charge is 0.165 e. The molecule has 0 saturated heterocycles. The minimum absolute atomic E-state index is 0.351. The van der Waals surface area contributed by atoms with E-state index in [1.807, 2.05) is 42.1 Å². The minimum atomic E-state index is 0.351. The quantitative estimate of drug-likeness (QED) is 0.173. The van der Waals surface area contributed by atoms with E-state index >= 15 is 0 Å². The third kappa shape index (κ3) is 4.59. The summed E-state index contributed by atoms with van der Waals surface area (Å²) in [6.07, 6.45) is 5.61. The predicted octanol–water partition coefficient (Wildman–Crippen LogP) is 12.4. The Morgan fingerprint density at radius 2 is 1.27 bits per heavy atom. The van der Waals surface area contributed by atoms with Crippen molar-refractivity contribution in [3.05, 3.63) is 169 Å². The van der Waals surface area contributed by atoms with Crippen molar-refractivity contribution in [2.45, 2.75) is 16.6 Å². The van der Waals surface area contributed by atoms with Crippen molar-refractivity contribution in [1.29, 1.82) is 0 Å². The Balaban J connectivity index is 1.22. The zero-order chi connectivity index (χ0) is 34.2. The number of hydrogen-bond acceptors (Lipinski definition) is 5. The normalized spacial score (nSPS) is 15.2. The van der Waals surface area contributed by atoms with Crippen LogP contribution in [0.3, 0.4) is 0 Å². The van der Waals surface area contributed by atoms with Gasteiger partial charge in [0.05, 0.1) is 0 Å². The first-order valence-electron chi connectivity index (χ1n) is 17.6. The molecule has 1 unspecified atom stereocenters. The molecule has 9 aromatic rings. The van der Waals surface area contributed by atoms with Gasteiger partial charge in [-0.05, 0) is 80.6 Å². The number of hydrogen-bond donors (Lipinski definition) is 0. The molecule has 1 aliphatic heterocycles. The molecule has 2 aliphatic rings. The summed E-state index contributed by atoms with van der Waals surface area (Å²) in [6, 6.07) is 51.0. The predicted molar refractivity (Wildman–Crippen MR) is 215 cm³/mol. The van der Waals surface area contributed by atoms with Gasteiger partial charge in [0.2, 0.25) is 0 Å². The largest absolute Gasteiger partial charge is 0.456 e. The van der Waals surface area contributed by atoms with Gasteiger partial charge in [0.15, 0.2) is 17.5 Å². The number of fused-ring (bicyclic) bond motifs is 9. The van der Waals surface area contributed by atoms with E-state index in [1.165, 1.54) is 37.8 Å². The Labute approximate surface area is 304 Å². The van der Waals surface area contributed by atoms with Crippen LogP contribution in [0.25, 0.3) is 88.8 Å². The molecule has 0 bridgehead atoms. The van der Waals surface area contributed by atoms with Crippen LogP contribution in [0, 0.1) is 0 Å². The van der Waals surface area contributed by atoms with Crippen LogP contribution in [0.15, 0.2) is 167 Å². The number of nitrogens with zero attached hydrogens (tertiary/aromatic N) is 3. The van der Waals surface area contributed by atoms with E-state index in [1.54, 1.807) is 0 Å². The van der Waals surface area contributed by atoms with Crippen molar-refractivity contribution in [2.75, 3.05) is 0 Å². The molecule has 52 heavy (non-hydrogen) atoms. The molecule has 5 heteroatoms. The van der Waals surface area contributed by atoms with Crippen LogP contribution in [0.5, 0.6) is 0 Å². The first-order chi connectivity index (χ1) is 25.8. The number of para-hydroxylation sites is 1. The molecule has 7 aromatic carbocycles. The van der Waals surface area contributed by atoms with E-state index in [0.29, 0.717) is 22.7 Å². The molecular weight excluding hydrogens is 655 g/mol. The Hall–Kier alpha value is -6.30. The van der Waals surface area contributed by atoms with E-state index < -0.39 is 0 Å². The lowest BCUT2D eigenvalue weighted by Gasteiger charge is -2.21. The maximum absolute atomic E-state index is 6.50. The van der Waals surface area contributed by atoms with Crippen molar-refractivity contribution in [1.82, 2.24) is 15.0 Å². The Bertz CT molecular complexity index is 2980. The average molecular weight is 684 g/mol. The van der Waals surface area contributed by atoms with Gasteiger partial charge in [0.1, 0.15) is 11.2 Å². The topological polar surface area (TPSA) is 51.8 Å². The second-order valence-electron chi connectivity index (χ2n) is 13.4. The lowest BCUT2D eigenvalue weighted by atomic mass is 9.85. The van der Waals surface area contributed by atoms with Crippen LogP contribution in [-0.4, -0.2) is 20.2 Å². The number of rotatable bonds is 4. The fourth-order valence-corrected chi connectivity index (χ4v) is 9.40. The second-order valence-corrected chi connectivity index (χ2v) is 14.7. The van der Waals surface area contributed by atoms with Crippen molar-refractivity contribution in [3.8, 4) is 34.2 Å². The SMILES string of the molecule is C1=CC(c2ccc3oc4ccccc4c3c2-c2nc(-c3ccccc3)nc(-c3ccc4c(ccc5ccccc54)c3)n2)=C2c3ccccc3SC2C1. The van der Waals surface area contributed by atoms with Gasteiger partial charge < -0.3 is 4.42 Å². The van der Waals surface area contributed by atoms with Crippen molar-refractivity contribution in [2.24, 2.45) is 0 Å². The number of benzene rings is 7. The zero-order valence-corrected chi connectivity index (χ0v) is 28.8. The number of furan rings is 1. The highest BCUT2D eigenvalue weighted by Gasteiger charge is 2.33. The number of thioether (sulfide) groups is 1. The van der Waals surface area contributed by atoms with Gasteiger partial charge in [-0.2, -0.15) is 0 Å². The molecular formula is C47H29N3OS. The fourth-order valence-electron chi connectivity index (χ4n) is 8.05. The summed E-state index contributed by atoms with van der Waals surface area (Å²) in [6.45, 7) is 0. The highest BCUT2D eigenvalue weighted by atomic mass is 32.2. The van der Waals surface area contributed by atoms with Crippen LogP contribution in [0.4, 0.5) is 0 Å². The van der Waals surface area contributed by atoms with Gasteiger partial charge in [0, 0.05) is 37.6 Å². The first kappa shape index (κ1) is 29.4. The standard InChI is InChI=1S/C47H29N3OS/c1-2-12-29(13-3-1)45-48-46(31-23-24-33-30(27-31)22-21-28-11-4-5-14-32(28)33)50-47(49-45)44-35(25-26-39-43(44)36-15-6-8-18-38(36)51-39)34-17-10-20-41-42(34)37-16-7-9-19-40(37)52-41/h1-19,21-27,41H,20H2. The lowest BCUT2D eigenvalue weighted by Crippen LogP contribution is -2.07. The summed E-state index contributed by atoms with van der Waals surface area (Å²) in [5.41, 5.74) is 9.46. The third-order valence-corrected chi connectivity index (χ3v) is 11.7. The summed E-state index contributed by atoms with van der Waals surface area (Å²) in [7, 11) is 0. The Morgan fingerprint density at radius 3 is 2.19 bits per heavy atom. The lowest BCUT2D eigenvalue weighted by molar-refractivity contribution is 0.669. The van der Waals surface area contributed by atoms with Crippen LogP contribution < -0.4 is 0 Å². The van der Waals surface area contributed by atoms with E-state index in [9.17, 15) is 0 Å². The van der Waals surface area contributed by atoms with Crippen molar-refractivity contribution >= 4 is 66.4 Å². The molecule has 0 saturated carbocycles. The molecule has 0 amide bonds. The van der Waals surface area contributed by atoms with Gasteiger partial charge in [0.25, 0.3) is 0 Å². The summed E-state index contributed by atoms with van der Waals surface area (Å²) in [4.78, 5) is 17.2. The molecule has 0 spiro atoms. The molecule has 4 nitrogen and oxygen atoms in total. The van der Waals surface area contributed by atoms with Gasteiger partial charge >= 0.3 is 0 Å². The number of aromatic nitrogens is 3. The van der Waals surface area contributed by atoms with Crippen molar-refractivity contribution in [3.63, 3.8) is 0 Å². The van der Waals surface area contributed by atoms with Gasteiger partial charge in [-0.25, -0.2) is 15.0 Å². The van der Waals surface area contributed by atoms with E-state index in [0.717, 1.165) is 56.0 Å². The van der Waals surface area contributed by atoms with Crippen LogP contribution in [-0.2, 0) is 0 Å². The Kier molecular flexibility index (Phi) is 6.58. The molecule has 0 N–H and O–H groups in total. The number of allylic oxidation sites excluding steroid dienone is 3. The monoisotopic (exact) mass is 683 g/mol. The van der Waals surface area contributed by atoms with Crippen LogP contribution in [0.1, 0.15) is 17.5 Å². The third-order valence-electron chi connectivity index (χ3n) is 10.4. The second kappa shape index (κ2) is 11.6. The molecule has 1 aliphatic carbocycles. The van der Waals surface area contributed by atoms with E-state index in [2.05, 4.69) is 127 Å². The summed E-state index contributed by atoms with van der Waals surface area (Å²) < 4.78 is 6.50. The minimum Gasteiger partial charge on any atom is -0.456 e. The van der Waals surface area contributed by atoms with Crippen LogP contribution in [0.2, 0.25) is 0 Å². The summed E-state index contributed by atoms with van der Waals surface area (Å²) >= 11 is 1.96. The molecule has 3 heterocycles. The van der Waals surface area contributed by atoms with Gasteiger partial charge in [-0.1, -0.05) is 127 Å². The highest BCUT2D eigenvalue weighted by molar-refractivity contribution is 8.00. The van der Waals surface area contributed by atoms with E-state index in [4.69, 9.17) is 19.4 Å². The van der Waals surface area contributed by atoms with Crippen LogP contribution >= 0.6 is 11.8 Å². The molecule has 244 valence electrons. The summed E-state index contributed by atoms with van der Waals surface area (Å²) in [5.74, 6) is 1.88. The fraction of sp³-hybridized carbons (Fsp3) is 0.0426. The molecule has 11 rings (SSSR count). The van der Waals surface area contributed by atoms with Gasteiger partial charge in [-0.15, -0.1) is 11.8 Å². The average Bonchev–Trinajstić information content (AvgIpc) is 3.79.